The second kappa shape index (κ2) is 7.46. The number of aryl methyl sites for hydroxylation is 1. The summed E-state index contributed by atoms with van der Waals surface area (Å²) in [7, 11) is 0. The minimum Gasteiger partial charge on any atom is -0.298 e. The number of ketones is 1. The van der Waals surface area contributed by atoms with Gasteiger partial charge in [0.05, 0.1) is 5.75 Å². The van der Waals surface area contributed by atoms with Crippen LogP contribution in [0.5, 0.6) is 0 Å². The van der Waals surface area contributed by atoms with Gasteiger partial charge < -0.3 is 0 Å². The van der Waals surface area contributed by atoms with Crippen LogP contribution in [-0.2, 0) is 11.2 Å². The minimum atomic E-state index is 0.278. The standard InChI is InChI=1S/C19H22OS/c1-14(2)17-10-8-16(9-11-17)12-18(20)13-21-19-7-5-4-6-15(19)3/h4-11,14H,12-13H2,1-3H3. The molecule has 2 aromatic carbocycles. The number of Topliss-reactive ketones (excluding diaryl/α,β-unsaturated/α-hetero) is 1. The van der Waals surface area contributed by atoms with Gasteiger partial charge in [-0.3, -0.25) is 4.79 Å². The van der Waals surface area contributed by atoms with Gasteiger partial charge in [0, 0.05) is 11.3 Å². The molecule has 21 heavy (non-hydrogen) atoms. The Hall–Kier alpha value is -1.54. The Bertz CT molecular complexity index is 599. The van der Waals surface area contributed by atoms with Crippen molar-refractivity contribution in [2.24, 2.45) is 0 Å². The van der Waals surface area contributed by atoms with Crippen molar-refractivity contribution >= 4 is 17.5 Å². The molecule has 0 bridgehead atoms. The molecule has 1 nitrogen and oxygen atoms in total. The summed E-state index contributed by atoms with van der Waals surface area (Å²) < 4.78 is 0. The maximum absolute atomic E-state index is 12.1. The SMILES string of the molecule is Cc1ccccc1SCC(=O)Cc1ccc(C(C)C)cc1. The third-order valence-electron chi connectivity index (χ3n) is 3.53. The highest BCUT2D eigenvalue weighted by Gasteiger charge is 2.07. The smallest absolute Gasteiger partial charge is 0.147 e. The lowest BCUT2D eigenvalue weighted by Gasteiger charge is -2.07. The maximum Gasteiger partial charge on any atom is 0.147 e. The van der Waals surface area contributed by atoms with Crippen molar-refractivity contribution in [3.8, 4) is 0 Å². The van der Waals surface area contributed by atoms with Gasteiger partial charge in [-0.25, -0.2) is 0 Å². The van der Waals surface area contributed by atoms with E-state index in [1.54, 1.807) is 11.8 Å². The van der Waals surface area contributed by atoms with Crippen molar-refractivity contribution in [1.29, 1.82) is 0 Å². The fourth-order valence-electron chi connectivity index (χ4n) is 2.18. The zero-order valence-electron chi connectivity index (χ0n) is 12.9. The molecule has 0 saturated heterocycles. The van der Waals surface area contributed by atoms with E-state index in [1.165, 1.54) is 16.0 Å². The molecule has 2 heteroatoms. The average Bonchev–Trinajstić information content (AvgIpc) is 2.47. The van der Waals surface area contributed by atoms with Gasteiger partial charge in [0.15, 0.2) is 0 Å². The maximum atomic E-state index is 12.1. The lowest BCUT2D eigenvalue weighted by molar-refractivity contribution is -0.116. The second-order valence-corrected chi connectivity index (χ2v) is 6.68. The Kier molecular flexibility index (Phi) is 5.63. The van der Waals surface area contributed by atoms with Crippen molar-refractivity contribution in [2.75, 3.05) is 5.75 Å². The molecule has 0 unspecified atom stereocenters. The van der Waals surface area contributed by atoms with Crippen LogP contribution >= 0.6 is 11.8 Å². The quantitative estimate of drug-likeness (QED) is 0.696. The molecule has 0 amide bonds. The van der Waals surface area contributed by atoms with E-state index < -0.39 is 0 Å². The number of hydrogen-bond acceptors (Lipinski definition) is 2. The van der Waals surface area contributed by atoms with Crippen LogP contribution in [-0.4, -0.2) is 11.5 Å². The monoisotopic (exact) mass is 298 g/mol. The molecule has 0 radical (unpaired) electrons. The van der Waals surface area contributed by atoms with Gasteiger partial charge in [0.25, 0.3) is 0 Å². The summed E-state index contributed by atoms with van der Waals surface area (Å²) in [4.78, 5) is 13.3. The van der Waals surface area contributed by atoms with Crippen LogP contribution in [0.2, 0.25) is 0 Å². The predicted octanol–water partition coefficient (Wildman–Crippen LogP) is 5.02. The molecule has 2 aromatic rings. The van der Waals surface area contributed by atoms with Gasteiger partial charge >= 0.3 is 0 Å². The number of hydrogen-bond donors (Lipinski definition) is 0. The van der Waals surface area contributed by atoms with E-state index >= 15 is 0 Å². The van der Waals surface area contributed by atoms with Crippen LogP contribution in [0.4, 0.5) is 0 Å². The first kappa shape index (κ1) is 15.8. The molecule has 0 N–H and O–H groups in total. The summed E-state index contributed by atoms with van der Waals surface area (Å²) in [5, 5.41) is 0. The Morgan fingerprint density at radius 3 is 2.33 bits per heavy atom. The first-order valence-corrected chi connectivity index (χ1v) is 8.34. The van der Waals surface area contributed by atoms with Crippen LogP contribution < -0.4 is 0 Å². The van der Waals surface area contributed by atoms with Crippen molar-refractivity contribution in [3.05, 3.63) is 65.2 Å². The van der Waals surface area contributed by atoms with E-state index in [1.807, 2.05) is 12.1 Å². The minimum absolute atomic E-state index is 0.278. The van der Waals surface area contributed by atoms with Crippen LogP contribution in [0.3, 0.4) is 0 Å². The molecule has 0 atom stereocenters. The predicted molar refractivity (Wildman–Crippen MR) is 91.1 cm³/mol. The molecule has 0 spiro atoms. The van der Waals surface area contributed by atoms with Crippen LogP contribution in [0.25, 0.3) is 0 Å². The molecule has 0 aliphatic carbocycles. The zero-order chi connectivity index (χ0) is 15.2. The fourth-order valence-corrected chi connectivity index (χ4v) is 3.06. The fraction of sp³-hybridized carbons (Fsp3) is 0.316. The summed E-state index contributed by atoms with van der Waals surface area (Å²) in [6, 6.07) is 16.6. The highest BCUT2D eigenvalue weighted by Crippen LogP contribution is 2.22. The van der Waals surface area contributed by atoms with Crippen LogP contribution in [0.1, 0.15) is 36.5 Å². The summed E-state index contributed by atoms with van der Waals surface area (Å²) in [6.45, 7) is 6.44. The highest BCUT2D eigenvalue weighted by molar-refractivity contribution is 8.00. The van der Waals surface area contributed by atoms with Crippen molar-refractivity contribution in [3.63, 3.8) is 0 Å². The molecule has 0 aliphatic rings. The Morgan fingerprint density at radius 1 is 1.05 bits per heavy atom. The van der Waals surface area contributed by atoms with Gasteiger partial charge in [-0.1, -0.05) is 56.3 Å². The summed E-state index contributed by atoms with van der Waals surface area (Å²) in [5.41, 5.74) is 3.66. The van der Waals surface area contributed by atoms with Gasteiger partial charge in [0.2, 0.25) is 0 Å². The van der Waals surface area contributed by atoms with E-state index in [-0.39, 0.29) is 5.78 Å². The van der Waals surface area contributed by atoms with Gasteiger partial charge in [-0.2, -0.15) is 0 Å². The van der Waals surface area contributed by atoms with Crippen molar-refractivity contribution < 1.29 is 4.79 Å². The first-order chi connectivity index (χ1) is 10.1. The molecule has 0 aromatic heterocycles. The third kappa shape index (κ3) is 4.75. The lowest BCUT2D eigenvalue weighted by atomic mass is 10.0. The number of carbonyl (C=O) groups excluding carboxylic acids is 1. The Labute approximate surface area is 131 Å². The van der Waals surface area contributed by atoms with Gasteiger partial charge in [-0.15, -0.1) is 11.8 Å². The molecule has 110 valence electrons. The van der Waals surface area contributed by atoms with Crippen LogP contribution in [0.15, 0.2) is 53.4 Å². The Morgan fingerprint density at radius 2 is 1.71 bits per heavy atom. The van der Waals surface area contributed by atoms with Crippen LogP contribution in [0, 0.1) is 6.92 Å². The molecule has 0 heterocycles. The summed E-state index contributed by atoms with van der Waals surface area (Å²) >= 11 is 1.63. The molecule has 0 saturated carbocycles. The lowest BCUT2D eigenvalue weighted by Crippen LogP contribution is -2.06. The third-order valence-corrected chi connectivity index (χ3v) is 4.77. The largest absolute Gasteiger partial charge is 0.298 e. The van der Waals surface area contributed by atoms with Gasteiger partial charge in [0.1, 0.15) is 5.78 Å². The number of carbonyl (C=O) groups is 1. The summed E-state index contributed by atoms with van der Waals surface area (Å²) in [5.74, 6) is 1.35. The second-order valence-electron chi connectivity index (χ2n) is 5.67. The van der Waals surface area contributed by atoms with Crippen molar-refractivity contribution in [2.45, 2.75) is 38.0 Å². The number of rotatable bonds is 6. The summed E-state index contributed by atoms with van der Waals surface area (Å²) in [6.07, 6.45) is 0.525. The highest BCUT2D eigenvalue weighted by atomic mass is 32.2. The normalized spacial score (nSPS) is 10.9. The molecule has 0 fully saturated rings. The Balaban J connectivity index is 1.88. The molecular formula is C19H22OS. The number of thioether (sulfide) groups is 1. The van der Waals surface area contributed by atoms with E-state index in [9.17, 15) is 4.79 Å². The van der Waals surface area contributed by atoms with E-state index in [0.717, 1.165) is 5.56 Å². The number of benzene rings is 2. The van der Waals surface area contributed by atoms with Gasteiger partial charge in [-0.05, 0) is 35.6 Å². The first-order valence-electron chi connectivity index (χ1n) is 7.35. The molecule has 2 rings (SSSR count). The van der Waals surface area contributed by atoms with E-state index in [0.29, 0.717) is 18.1 Å². The molecule has 0 aliphatic heterocycles. The molecular weight excluding hydrogens is 276 g/mol. The van der Waals surface area contributed by atoms with Crippen molar-refractivity contribution in [1.82, 2.24) is 0 Å². The van der Waals surface area contributed by atoms with E-state index in [2.05, 4.69) is 57.2 Å². The zero-order valence-corrected chi connectivity index (χ0v) is 13.7. The topological polar surface area (TPSA) is 17.1 Å². The van der Waals surface area contributed by atoms with E-state index in [4.69, 9.17) is 0 Å². The average molecular weight is 298 g/mol.